The molecule has 0 aromatic carbocycles. The van der Waals surface area contributed by atoms with Gasteiger partial charge in [-0.15, -0.1) is 0 Å². The third kappa shape index (κ3) is 2.02. The lowest BCUT2D eigenvalue weighted by atomic mass is 10.3. The van der Waals surface area contributed by atoms with Crippen molar-refractivity contribution in [3.8, 4) is 0 Å². The van der Waals surface area contributed by atoms with Gasteiger partial charge >= 0.3 is 0 Å². The maximum absolute atomic E-state index is 8.61. The number of aryl methyl sites for hydroxylation is 1. The number of amidine groups is 1. The number of nitrogens with zero attached hydrogens (tertiary/aromatic N) is 2. The first kappa shape index (κ1) is 10.5. The molecule has 0 saturated carbocycles. The zero-order valence-corrected chi connectivity index (χ0v) is 8.33. The molecule has 1 rings (SSSR count). The lowest BCUT2D eigenvalue weighted by molar-refractivity contribution is 0.300. The molecule has 1 aromatic heterocycles. The molecule has 4 N–H and O–H groups in total. The van der Waals surface area contributed by atoms with Crippen molar-refractivity contribution in [1.29, 1.82) is 5.41 Å². The minimum absolute atomic E-state index is 0.00905. The van der Waals surface area contributed by atoms with Crippen molar-refractivity contribution < 1.29 is 5.11 Å². The van der Waals surface area contributed by atoms with E-state index in [1.165, 1.54) is 0 Å². The van der Waals surface area contributed by atoms with Crippen molar-refractivity contribution in [2.45, 2.75) is 0 Å². The van der Waals surface area contributed by atoms with Gasteiger partial charge < -0.3 is 15.7 Å². The van der Waals surface area contributed by atoms with Crippen LogP contribution in [-0.2, 0) is 7.05 Å². The summed E-state index contributed by atoms with van der Waals surface area (Å²) in [6.07, 6.45) is 1.66. The Balaban J connectivity index is 2.82. The minimum Gasteiger partial charge on any atom is -0.395 e. The third-order valence-corrected chi connectivity index (χ3v) is 1.86. The second-order valence-electron chi connectivity index (χ2n) is 2.81. The van der Waals surface area contributed by atoms with Crippen LogP contribution in [0.2, 0.25) is 0 Å². The lowest BCUT2D eigenvalue weighted by Crippen LogP contribution is -2.28. The molecule has 0 saturated heterocycles. The molecule has 0 spiro atoms. The molecule has 0 aliphatic rings. The van der Waals surface area contributed by atoms with Crippen LogP contribution in [0.5, 0.6) is 0 Å². The van der Waals surface area contributed by atoms with E-state index in [1.807, 2.05) is 0 Å². The molecule has 6 nitrogen and oxygen atoms in total. The summed E-state index contributed by atoms with van der Waals surface area (Å²) in [7, 11) is 3.55. The van der Waals surface area contributed by atoms with E-state index in [0.717, 1.165) is 5.69 Å². The summed E-state index contributed by atoms with van der Waals surface area (Å²) < 4.78 is 1.61. The van der Waals surface area contributed by atoms with Crippen LogP contribution in [0.25, 0.3) is 0 Å². The topological polar surface area (TPSA) is 86.0 Å². The van der Waals surface area contributed by atoms with E-state index in [9.17, 15) is 0 Å². The number of hydrogen-bond donors (Lipinski definition) is 4. The summed E-state index contributed by atoms with van der Waals surface area (Å²) in [6, 6.07) is 0. The number of rotatable bonds is 4. The number of anilines is 1. The second kappa shape index (κ2) is 4.61. The predicted molar refractivity (Wildman–Crippen MR) is 54.7 cm³/mol. The van der Waals surface area contributed by atoms with E-state index in [0.29, 0.717) is 12.2 Å². The van der Waals surface area contributed by atoms with Crippen molar-refractivity contribution in [1.82, 2.24) is 15.1 Å². The first-order valence-electron chi connectivity index (χ1n) is 4.34. The second-order valence-corrected chi connectivity index (χ2v) is 2.81. The van der Waals surface area contributed by atoms with Gasteiger partial charge in [0.25, 0.3) is 0 Å². The predicted octanol–water partition coefficient (Wildman–Crippen LogP) is -0.631. The van der Waals surface area contributed by atoms with Crippen LogP contribution in [0.15, 0.2) is 6.20 Å². The summed E-state index contributed by atoms with van der Waals surface area (Å²) >= 11 is 0. The Morgan fingerprint density at radius 2 is 2.43 bits per heavy atom. The van der Waals surface area contributed by atoms with Gasteiger partial charge in [-0.1, -0.05) is 0 Å². The van der Waals surface area contributed by atoms with Crippen LogP contribution in [0.4, 0.5) is 5.69 Å². The smallest absolute Gasteiger partial charge is 0.146 e. The highest BCUT2D eigenvalue weighted by molar-refractivity contribution is 5.99. The molecule has 1 aromatic rings. The van der Waals surface area contributed by atoms with Gasteiger partial charge in [-0.05, 0) is 0 Å². The summed E-state index contributed by atoms with van der Waals surface area (Å²) in [5.41, 5.74) is 1.48. The highest BCUT2D eigenvalue weighted by atomic mass is 16.3. The molecule has 78 valence electrons. The van der Waals surface area contributed by atoms with Gasteiger partial charge in [0.1, 0.15) is 11.5 Å². The third-order valence-electron chi connectivity index (χ3n) is 1.86. The van der Waals surface area contributed by atoms with Crippen molar-refractivity contribution in [3.05, 3.63) is 11.9 Å². The maximum Gasteiger partial charge on any atom is 0.146 e. The van der Waals surface area contributed by atoms with E-state index in [2.05, 4.69) is 15.7 Å². The molecule has 0 atom stereocenters. The maximum atomic E-state index is 8.61. The number of aliphatic hydroxyl groups excluding tert-OH is 1. The fraction of sp³-hybridized carbons (Fsp3) is 0.500. The van der Waals surface area contributed by atoms with E-state index in [4.69, 9.17) is 10.5 Å². The van der Waals surface area contributed by atoms with Crippen LogP contribution in [0.1, 0.15) is 5.69 Å². The molecular weight excluding hydrogens is 182 g/mol. The van der Waals surface area contributed by atoms with Crippen molar-refractivity contribution in [2.75, 3.05) is 25.5 Å². The molecule has 0 bridgehead atoms. The van der Waals surface area contributed by atoms with Crippen LogP contribution in [-0.4, -0.2) is 40.9 Å². The monoisotopic (exact) mass is 197 g/mol. The van der Waals surface area contributed by atoms with Gasteiger partial charge in [0, 0.05) is 20.6 Å². The molecule has 1 heterocycles. The molecule has 0 aliphatic heterocycles. The minimum atomic E-state index is 0.00905. The Kier molecular flexibility index (Phi) is 3.47. The molecule has 0 unspecified atom stereocenters. The first-order chi connectivity index (χ1) is 6.70. The van der Waals surface area contributed by atoms with Crippen molar-refractivity contribution >= 4 is 11.5 Å². The lowest BCUT2D eigenvalue weighted by Gasteiger charge is -2.08. The van der Waals surface area contributed by atoms with Crippen LogP contribution in [0, 0.1) is 5.41 Å². The number of nitrogens with one attached hydrogen (secondary N) is 3. The van der Waals surface area contributed by atoms with Gasteiger partial charge in [-0.25, -0.2) is 0 Å². The average molecular weight is 197 g/mol. The standard InChI is InChI=1S/C8H15N5O/c1-10-6-5-12-13(2)7(6)8(9)11-3-4-14/h5,10,14H,3-4H2,1-2H3,(H2,9,11). The molecule has 6 heteroatoms. The quantitative estimate of drug-likeness (QED) is 0.382. The fourth-order valence-electron chi connectivity index (χ4n) is 1.18. The normalized spacial score (nSPS) is 9.93. The zero-order valence-electron chi connectivity index (χ0n) is 8.33. The number of hydrogen-bond acceptors (Lipinski definition) is 4. The number of aliphatic hydroxyl groups is 1. The average Bonchev–Trinajstić information content (AvgIpc) is 2.56. The van der Waals surface area contributed by atoms with Gasteiger partial charge in [-0.3, -0.25) is 10.1 Å². The molecule has 0 aliphatic carbocycles. The van der Waals surface area contributed by atoms with Crippen LogP contribution >= 0.6 is 0 Å². The zero-order chi connectivity index (χ0) is 10.6. The SMILES string of the molecule is CNc1cnn(C)c1C(=N)NCCO. The Morgan fingerprint density at radius 1 is 1.71 bits per heavy atom. The van der Waals surface area contributed by atoms with Gasteiger partial charge in [-0.2, -0.15) is 5.10 Å². The van der Waals surface area contributed by atoms with Crippen molar-refractivity contribution in [2.24, 2.45) is 7.05 Å². The highest BCUT2D eigenvalue weighted by Crippen LogP contribution is 2.12. The summed E-state index contributed by atoms with van der Waals surface area (Å²) in [4.78, 5) is 0. The van der Waals surface area contributed by atoms with Gasteiger partial charge in [0.15, 0.2) is 0 Å². The Morgan fingerprint density at radius 3 is 3.00 bits per heavy atom. The molecule has 0 fully saturated rings. The summed E-state index contributed by atoms with van der Waals surface area (Å²) in [5.74, 6) is 0.253. The van der Waals surface area contributed by atoms with Gasteiger partial charge in [0.05, 0.1) is 18.5 Å². The van der Waals surface area contributed by atoms with E-state index < -0.39 is 0 Å². The Bertz CT molecular complexity index is 320. The molecule has 0 amide bonds. The highest BCUT2D eigenvalue weighted by Gasteiger charge is 2.11. The van der Waals surface area contributed by atoms with E-state index in [-0.39, 0.29) is 12.4 Å². The fourth-order valence-corrected chi connectivity index (χ4v) is 1.18. The van der Waals surface area contributed by atoms with Crippen LogP contribution < -0.4 is 10.6 Å². The Labute approximate surface area is 82.4 Å². The van der Waals surface area contributed by atoms with E-state index in [1.54, 1.807) is 25.0 Å². The largest absolute Gasteiger partial charge is 0.395 e. The van der Waals surface area contributed by atoms with Crippen LogP contribution in [0.3, 0.4) is 0 Å². The van der Waals surface area contributed by atoms with Crippen molar-refractivity contribution in [3.63, 3.8) is 0 Å². The first-order valence-corrected chi connectivity index (χ1v) is 4.34. The summed E-state index contributed by atoms with van der Waals surface area (Å²) in [5, 5.41) is 26.1. The molecule has 0 radical (unpaired) electrons. The number of aromatic nitrogens is 2. The molecule has 14 heavy (non-hydrogen) atoms. The van der Waals surface area contributed by atoms with Gasteiger partial charge in [0.2, 0.25) is 0 Å². The molecular formula is C8H15N5O. The van der Waals surface area contributed by atoms with E-state index >= 15 is 0 Å². The Hall–Kier alpha value is -1.56. The summed E-state index contributed by atoms with van der Waals surface area (Å²) in [6.45, 7) is 0.377.